The van der Waals surface area contributed by atoms with E-state index in [9.17, 15) is 9.90 Å². The van der Waals surface area contributed by atoms with Crippen molar-refractivity contribution in [1.29, 1.82) is 0 Å². The van der Waals surface area contributed by atoms with Gasteiger partial charge in [-0.2, -0.15) is 0 Å². The van der Waals surface area contributed by atoms with Gasteiger partial charge in [0.2, 0.25) is 0 Å². The molecule has 0 aliphatic rings. The molecule has 0 spiro atoms. The predicted octanol–water partition coefficient (Wildman–Crippen LogP) is 2.30. The summed E-state index contributed by atoms with van der Waals surface area (Å²) in [5.41, 5.74) is 1.15. The van der Waals surface area contributed by atoms with Crippen LogP contribution in [0.15, 0.2) is 12.1 Å². The largest absolute Gasteiger partial charge is 0.504 e. The molecule has 1 aromatic carbocycles. The van der Waals surface area contributed by atoms with Crippen molar-refractivity contribution < 1.29 is 14.6 Å². The van der Waals surface area contributed by atoms with E-state index in [-0.39, 0.29) is 17.4 Å². The van der Waals surface area contributed by atoms with Crippen LogP contribution in [0.1, 0.15) is 29.8 Å². The number of aryl methyl sites for hydroxylation is 1. The van der Waals surface area contributed by atoms with Crippen LogP contribution >= 0.6 is 0 Å². The number of phenolic OH excluding ortho intramolecular Hbond substituents is 1. The summed E-state index contributed by atoms with van der Waals surface area (Å²) in [5.74, 6) is 0.279. The molecule has 0 unspecified atom stereocenters. The second kappa shape index (κ2) is 4.13. The third kappa shape index (κ3) is 2.25. The first-order valence-electron chi connectivity index (χ1n) is 4.50. The van der Waals surface area contributed by atoms with Crippen LogP contribution in [0, 0.1) is 6.92 Å². The number of aromatic hydroxyl groups is 1. The van der Waals surface area contributed by atoms with Crippen molar-refractivity contribution in [3.8, 4) is 11.5 Å². The van der Waals surface area contributed by atoms with E-state index in [1.165, 1.54) is 0 Å². The molecule has 0 aromatic heterocycles. The van der Waals surface area contributed by atoms with E-state index in [1.54, 1.807) is 12.1 Å². The van der Waals surface area contributed by atoms with E-state index in [2.05, 4.69) is 0 Å². The second-order valence-corrected chi connectivity index (χ2v) is 3.49. The molecule has 14 heavy (non-hydrogen) atoms. The average Bonchev–Trinajstić information content (AvgIpc) is 2.09. The third-order valence-electron chi connectivity index (χ3n) is 1.74. The Morgan fingerprint density at radius 3 is 2.57 bits per heavy atom. The van der Waals surface area contributed by atoms with Gasteiger partial charge >= 0.3 is 0 Å². The van der Waals surface area contributed by atoms with Gasteiger partial charge in [-0.05, 0) is 38.5 Å². The average molecular weight is 194 g/mol. The SMILES string of the molecule is Cc1cc(C=O)c(O)c(OC(C)C)c1. The van der Waals surface area contributed by atoms with E-state index in [4.69, 9.17) is 4.74 Å². The highest BCUT2D eigenvalue weighted by molar-refractivity contribution is 5.81. The van der Waals surface area contributed by atoms with E-state index >= 15 is 0 Å². The molecule has 0 aliphatic heterocycles. The number of carbonyl (C=O) groups is 1. The molecule has 0 saturated carbocycles. The maximum absolute atomic E-state index is 10.6. The van der Waals surface area contributed by atoms with Crippen LogP contribution in [-0.4, -0.2) is 17.5 Å². The van der Waals surface area contributed by atoms with Crippen LogP contribution in [-0.2, 0) is 0 Å². The fourth-order valence-electron chi connectivity index (χ4n) is 1.21. The van der Waals surface area contributed by atoms with Gasteiger partial charge in [0.1, 0.15) is 0 Å². The Labute approximate surface area is 83.3 Å². The van der Waals surface area contributed by atoms with Crippen LogP contribution in [0.3, 0.4) is 0 Å². The van der Waals surface area contributed by atoms with E-state index in [1.807, 2.05) is 20.8 Å². The first-order valence-corrected chi connectivity index (χ1v) is 4.50. The Balaban J connectivity index is 3.15. The Bertz CT molecular complexity index is 343. The highest BCUT2D eigenvalue weighted by Crippen LogP contribution is 2.31. The van der Waals surface area contributed by atoms with Gasteiger partial charge in [-0.25, -0.2) is 0 Å². The molecule has 0 radical (unpaired) electrons. The topological polar surface area (TPSA) is 46.5 Å². The minimum absolute atomic E-state index is 0.0257. The van der Waals surface area contributed by atoms with Crippen molar-refractivity contribution in [1.82, 2.24) is 0 Å². The Morgan fingerprint density at radius 1 is 1.43 bits per heavy atom. The zero-order chi connectivity index (χ0) is 10.7. The van der Waals surface area contributed by atoms with Crippen molar-refractivity contribution in [2.24, 2.45) is 0 Å². The lowest BCUT2D eigenvalue weighted by molar-refractivity contribution is 0.111. The van der Waals surface area contributed by atoms with Crippen molar-refractivity contribution in [2.45, 2.75) is 26.9 Å². The number of aldehydes is 1. The second-order valence-electron chi connectivity index (χ2n) is 3.49. The summed E-state index contributed by atoms with van der Waals surface area (Å²) in [4.78, 5) is 10.6. The number of hydrogen-bond donors (Lipinski definition) is 1. The van der Waals surface area contributed by atoms with E-state index in [0.717, 1.165) is 5.56 Å². The molecule has 0 aliphatic carbocycles. The van der Waals surface area contributed by atoms with Crippen LogP contribution < -0.4 is 4.74 Å². The van der Waals surface area contributed by atoms with Gasteiger partial charge in [0.25, 0.3) is 0 Å². The van der Waals surface area contributed by atoms with Crippen LogP contribution in [0.25, 0.3) is 0 Å². The molecule has 0 amide bonds. The van der Waals surface area contributed by atoms with Gasteiger partial charge < -0.3 is 9.84 Å². The summed E-state index contributed by atoms with van der Waals surface area (Å²) in [5, 5.41) is 9.61. The summed E-state index contributed by atoms with van der Waals surface area (Å²) in [7, 11) is 0. The smallest absolute Gasteiger partial charge is 0.168 e. The fourth-order valence-corrected chi connectivity index (χ4v) is 1.21. The normalized spacial score (nSPS) is 10.3. The number of carbonyl (C=O) groups excluding carboxylic acids is 1. The first kappa shape index (κ1) is 10.6. The summed E-state index contributed by atoms with van der Waals surface area (Å²) in [6.07, 6.45) is 0.595. The molecular weight excluding hydrogens is 180 g/mol. The standard InChI is InChI=1S/C11H14O3/c1-7(2)14-10-5-8(3)4-9(6-12)11(10)13/h4-7,13H,1-3H3. The number of hydrogen-bond acceptors (Lipinski definition) is 3. The number of ether oxygens (including phenoxy) is 1. The molecule has 0 bridgehead atoms. The molecule has 1 aromatic rings. The molecule has 1 rings (SSSR count). The fraction of sp³-hybridized carbons (Fsp3) is 0.364. The molecule has 0 heterocycles. The van der Waals surface area contributed by atoms with E-state index in [0.29, 0.717) is 12.0 Å². The lowest BCUT2D eigenvalue weighted by atomic mass is 10.1. The van der Waals surface area contributed by atoms with Crippen molar-refractivity contribution in [2.75, 3.05) is 0 Å². The zero-order valence-electron chi connectivity index (χ0n) is 8.57. The summed E-state index contributed by atoms with van der Waals surface area (Å²) in [6.45, 7) is 5.57. The Hall–Kier alpha value is -1.51. The lowest BCUT2D eigenvalue weighted by Crippen LogP contribution is -2.06. The van der Waals surface area contributed by atoms with Crippen LogP contribution in [0.5, 0.6) is 11.5 Å². The minimum atomic E-state index is -0.0840. The summed E-state index contributed by atoms with van der Waals surface area (Å²) < 4.78 is 5.36. The highest BCUT2D eigenvalue weighted by Gasteiger charge is 2.10. The quantitative estimate of drug-likeness (QED) is 0.751. The molecule has 1 N–H and O–H groups in total. The number of phenols is 1. The molecule has 3 nitrogen and oxygen atoms in total. The van der Waals surface area contributed by atoms with E-state index < -0.39 is 0 Å². The van der Waals surface area contributed by atoms with Gasteiger partial charge in [-0.1, -0.05) is 0 Å². The Morgan fingerprint density at radius 2 is 2.07 bits per heavy atom. The molecule has 0 atom stereocenters. The maximum Gasteiger partial charge on any atom is 0.168 e. The lowest BCUT2D eigenvalue weighted by Gasteiger charge is -2.12. The van der Waals surface area contributed by atoms with Crippen LogP contribution in [0.2, 0.25) is 0 Å². The zero-order valence-corrected chi connectivity index (χ0v) is 8.57. The van der Waals surface area contributed by atoms with Gasteiger partial charge in [-0.15, -0.1) is 0 Å². The number of benzene rings is 1. The van der Waals surface area contributed by atoms with Gasteiger partial charge in [-0.3, -0.25) is 4.79 Å². The van der Waals surface area contributed by atoms with Gasteiger partial charge in [0.05, 0.1) is 11.7 Å². The Kier molecular flexibility index (Phi) is 3.12. The van der Waals surface area contributed by atoms with Gasteiger partial charge in [0, 0.05) is 0 Å². The van der Waals surface area contributed by atoms with Gasteiger partial charge in [0.15, 0.2) is 17.8 Å². The molecule has 3 heteroatoms. The summed E-state index contributed by atoms with van der Waals surface area (Å²) in [6, 6.07) is 3.33. The van der Waals surface area contributed by atoms with Crippen molar-refractivity contribution >= 4 is 6.29 Å². The molecular formula is C11H14O3. The highest BCUT2D eigenvalue weighted by atomic mass is 16.5. The summed E-state index contributed by atoms with van der Waals surface area (Å²) >= 11 is 0. The molecule has 76 valence electrons. The third-order valence-corrected chi connectivity index (χ3v) is 1.74. The minimum Gasteiger partial charge on any atom is -0.504 e. The van der Waals surface area contributed by atoms with Crippen molar-refractivity contribution in [3.63, 3.8) is 0 Å². The van der Waals surface area contributed by atoms with Crippen LogP contribution in [0.4, 0.5) is 0 Å². The molecule has 0 fully saturated rings. The molecule has 0 saturated heterocycles. The first-order chi connectivity index (χ1) is 6.54. The van der Waals surface area contributed by atoms with Crippen molar-refractivity contribution in [3.05, 3.63) is 23.3 Å². The monoisotopic (exact) mass is 194 g/mol. The number of rotatable bonds is 3. The predicted molar refractivity (Wildman–Crippen MR) is 54.0 cm³/mol. The maximum atomic E-state index is 10.6.